The Morgan fingerprint density at radius 1 is 0.981 bits per heavy atom. The van der Waals surface area contributed by atoms with E-state index >= 15 is 0 Å². The second-order valence-corrected chi connectivity index (χ2v) is 13.6. The van der Waals surface area contributed by atoms with Crippen LogP contribution in [0.15, 0.2) is 79.5 Å². The summed E-state index contributed by atoms with van der Waals surface area (Å²) in [7, 11) is 0. The maximum Gasteiger partial charge on any atom is 0.490 e. The van der Waals surface area contributed by atoms with E-state index in [1.165, 1.54) is 10.9 Å². The zero-order valence-corrected chi connectivity index (χ0v) is 30.2. The van der Waals surface area contributed by atoms with Crippen molar-refractivity contribution in [2.24, 2.45) is 0 Å². The number of carbonyl (C=O) groups is 2. The molecule has 3 heterocycles. The number of aliphatic hydroxyl groups excluding tert-OH is 1. The fourth-order valence-corrected chi connectivity index (χ4v) is 6.70. The van der Waals surface area contributed by atoms with Crippen molar-refractivity contribution in [3.63, 3.8) is 0 Å². The van der Waals surface area contributed by atoms with Crippen LogP contribution in [0.25, 0.3) is 11.2 Å². The fourth-order valence-electron chi connectivity index (χ4n) is 6.70. The highest BCUT2D eigenvalue weighted by molar-refractivity contribution is 5.84. The van der Waals surface area contributed by atoms with E-state index in [0.717, 1.165) is 16.8 Å². The molecular formula is C38H44F3N9O4. The first-order chi connectivity index (χ1) is 25.9. The number of hydrogen-bond acceptors (Lipinski definition) is 10. The molecule has 4 N–H and O–H groups in total. The van der Waals surface area contributed by atoms with Gasteiger partial charge in [-0.2, -0.15) is 23.1 Å². The SMILES string of the molecule is CCCC(=O)N[C@H]1C[C@@H](n2cnc3c(NCC(c4ccccc4)c4ccccc4)nc(NCCc4cn(C(C)C)cn4)nc32)[C@H](OC(=O)C(F)(F)F)[C@@H]1O. The molecule has 1 aliphatic rings. The molecule has 0 aliphatic heterocycles. The minimum absolute atomic E-state index is 0.0595. The number of fused-ring (bicyclic) bond motifs is 1. The Labute approximate surface area is 310 Å². The molecule has 286 valence electrons. The van der Waals surface area contributed by atoms with Crippen molar-refractivity contribution in [2.75, 3.05) is 23.7 Å². The number of amides is 1. The molecule has 4 atom stereocenters. The van der Waals surface area contributed by atoms with Crippen molar-refractivity contribution in [3.05, 3.63) is 96.3 Å². The van der Waals surface area contributed by atoms with Crippen molar-refractivity contribution in [1.82, 2.24) is 34.4 Å². The summed E-state index contributed by atoms with van der Waals surface area (Å²) in [5.74, 6) is -2.36. The number of aliphatic hydroxyl groups is 1. The van der Waals surface area contributed by atoms with E-state index < -0.39 is 36.4 Å². The average Bonchev–Trinajstić information content (AvgIpc) is 3.87. The van der Waals surface area contributed by atoms with Crippen LogP contribution in [0.1, 0.15) is 74.9 Å². The zero-order valence-electron chi connectivity index (χ0n) is 30.2. The minimum atomic E-state index is -5.31. The van der Waals surface area contributed by atoms with Crippen molar-refractivity contribution in [3.8, 4) is 0 Å². The Hall–Kier alpha value is -5.51. The number of ether oxygens (including phenoxy) is 1. The van der Waals surface area contributed by atoms with Gasteiger partial charge in [-0.1, -0.05) is 67.6 Å². The predicted molar refractivity (Wildman–Crippen MR) is 196 cm³/mol. The number of esters is 1. The van der Waals surface area contributed by atoms with Gasteiger partial charge in [0.25, 0.3) is 0 Å². The van der Waals surface area contributed by atoms with Gasteiger partial charge < -0.3 is 34.9 Å². The Morgan fingerprint density at radius 2 is 1.67 bits per heavy atom. The molecule has 1 fully saturated rings. The van der Waals surface area contributed by atoms with Crippen LogP contribution >= 0.6 is 0 Å². The van der Waals surface area contributed by atoms with Crippen LogP contribution in [0, 0.1) is 0 Å². The Kier molecular flexibility index (Phi) is 11.8. The number of rotatable bonds is 15. The summed E-state index contributed by atoms with van der Waals surface area (Å²) < 4.78 is 48.8. The lowest BCUT2D eigenvalue weighted by Gasteiger charge is -2.24. The molecule has 2 aromatic carbocycles. The second-order valence-electron chi connectivity index (χ2n) is 13.6. The van der Waals surface area contributed by atoms with Gasteiger partial charge in [-0.15, -0.1) is 0 Å². The third kappa shape index (κ3) is 8.81. The molecule has 0 unspecified atom stereocenters. The molecule has 16 heteroatoms. The average molecular weight is 748 g/mol. The first kappa shape index (κ1) is 38.2. The summed E-state index contributed by atoms with van der Waals surface area (Å²) >= 11 is 0. The number of anilines is 2. The number of hydrogen-bond donors (Lipinski definition) is 4. The highest BCUT2D eigenvalue weighted by Gasteiger charge is 2.51. The summed E-state index contributed by atoms with van der Waals surface area (Å²) in [6.07, 6.45) is -2.34. The Morgan fingerprint density at radius 3 is 2.28 bits per heavy atom. The molecule has 1 saturated carbocycles. The maximum absolute atomic E-state index is 13.5. The molecule has 5 aromatic rings. The molecule has 0 bridgehead atoms. The Balaban J connectivity index is 1.36. The molecule has 1 amide bonds. The largest absolute Gasteiger partial charge is 0.490 e. The molecule has 0 saturated heterocycles. The molecule has 3 aromatic heterocycles. The smallest absolute Gasteiger partial charge is 0.451 e. The van der Waals surface area contributed by atoms with Crippen molar-refractivity contribution >= 4 is 34.8 Å². The van der Waals surface area contributed by atoms with Crippen LogP contribution in [-0.2, 0) is 20.7 Å². The first-order valence-electron chi connectivity index (χ1n) is 18.0. The number of imidazole rings is 2. The van der Waals surface area contributed by atoms with Crippen LogP contribution in [-0.4, -0.2) is 83.6 Å². The highest BCUT2D eigenvalue weighted by Crippen LogP contribution is 2.38. The van der Waals surface area contributed by atoms with Gasteiger partial charge in [-0.05, 0) is 37.8 Å². The van der Waals surface area contributed by atoms with Crippen molar-refractivity contribution < 1.29 is 32.6 Å². The lowest BCUT2D eigenvalue weighted by molar-refractivity contribution is -0.209. The summed E-state index contributed by atoms with van der Waals surface area (Å²) in [4.78, 5) is 43.2. The number of alkyl halides is 3. The summed E-state index contributed by atoms with van der Waals surface area (Å²) in [6.45, 7) is 6.73. The quantitative estimate of drug-likeness (QED) is 0.0998. The van der Waals surface area contributed by atoms with Crippen LogP contribution in [0.3, 0.4) is 0 Å². The van der Waals surface area contributed by atoms with E-state index in [1.54, 1.807) is 13.3 Å². The summed E-state index contributed by atoms with van der Waals surface area (Å²) in [5, 5.41) is 20.6. The van der Waals surface area contributed by atoms with Crippen LogP contribution in [0.2, 0.25) is 0 Å². The maximum atomic E-state index is 13.5. The number of nitrogens with one attached hydrogen (secondary N) is 3. The predicted octanol–water partition coefficient (Wildman–Crippen LogP) is 5.57. The van der Waals surface area contributed by atoms with Gasteiger partial charge >= 0.3 is 12.1 Å². The van der Waals surface area contributed by atoms with Gasteiger partial charge in [-0.3, -0.25) is 4.79 Å². The van der Waals surface area contributed by atoms with E-state index in [4.69, 9.17) is 14.7 Å². The molecular weight excluding hydrogens is 703 g/mol. The highest BCUT2D eigenvalue weighted by atomic mass is 19.4. The van der Waals surface area contributed by atoms with Gasteiger partial charge in [0.05, 0.1) is 30.4 Å². The van der Waals surface area contributed by atoms with E-state index in [2.05, 4.69) is 39.8 Å². The minimum Gasteiger partial charge on any atom is -0.451 e. The number of carbonyl (C=O) groups excluding carboxylic acids is 2. The van der Waals surface area contributed by atoms with Gasteiger partial charge in [0.2, 0.25) is 11.9 Å². The fraction of sp³-hybridized carbons (Fsp3) is 0.421. The van der Waals surface area contributed by atoms with Gasteiger partial charge in [0.1, 0.15) is 6.10 Å². The van der Waals surface area contributed by atoms with Gasteiger partial charge in [-0.25, -0.2) is 14.8 Å². The number of nitrogens with zero attached hydrogens (tertiary/aromatic N) is 6. The van der Waals surface area contributed by atoms with Crippen LogP contribution in [0.5, 0.6) is 0 Å². The van der Waals surface area contributed by atoms with Crippen molar-refractivity contribution in [1.29, 1.82) is 0 Å². The van der Waals surface area contributed by atoms with E-state index in [9.17, 15) is 27.9 Å². The Bertz CT molecular complexity index is 1980. The van der Waals surface area contributed by atoms with Crippen LogP contribution in [0.4, 0.5) is 24.9 Å². The van der Waals surface area contributed by atoms with E-state index in [-0.39, 0.29) is 42.3 Å². The van der Waals surface area contributed by atoms with Gasteiger partial charge in [0.15, 0.2) is 23.1 Å². The van der Waals surface area contributed by atoms with E-state index in [1.807, 2.05) is 71.4 Å². The molecule has 54 heavy (non-hydrogen) atoms. The number of benzene rings is 2. The second kappa shape index (κ2) is 16.7. The lowest BCUT2D eigenvalue weighted by atomic mass is 9.91. The third-order valence-electron chi connectivity index (χ3n) is 9.49. The topological polar surface area (TPSA) is 161 Å². The lowest BCUT2D eigenvalue weighted by Crippen LogP contribution is -2.45. The monoisotopic (exact) mass is 747 g/mol. The molecule has 13 nitrogen and oxygen atoms in total. The number of halogens is 3. The molecule has 6 rings (SSSR count). The first-order valence-corrected chi connectivity index (χ1v) is 18.0. The number of aromatic nitrogens is 6. The summed E-state index contributed by atoms with van der Waals surface area (Å²) in [5.41, 5.74) is 3.53. The molecule has 0 radical (unpaired) electrons. The summed E-state index contributed by atoms with van der Waals surface area (Å²) in [6, 6.07) is 18.1. The van der Waals surface area contributed by atoms with Gasteiger partial charge in [0, 0.05) is 44.1 Å². The normalized spacial score (nSPS) is 18.7. The zero-order chi connectivity index (χ0) is 38.4. The third-order valence-corrected chi connectivity index (χ3v) is 9.49. The molecule has 1 aliphatic carbocycles. The van der Waals surface area contributed by atoms with Crippen molar-refractivity contribution in [2.45, 2.75) is 88.9 Å². The standard InChI is InChI=1S/C38H44F3N9O4/c1-4-11-30(51)46-28-18-29(33(32(28)52)54-36(53)38(39,40)41)50-22-45-31-34(43-19-27(24-12-7-5-8-13-24)25-14-9-6-10-15-25)47-37(48-35(31)50)42-17-16-26-20-49(21-44-26)23(2)3/h5-10,12-15,20-23,27-29,32-33,52H,4,11,16-19H2,1-3H3,(H,46,51)(H2,42,43,47,48)/t28-,29+,32+,33-/m0/s1. The van der Waals surface area contributed by atoms with E-state index in [0.29, 0.717) is 37.3 Å². The van der Waals surface area contributed by atoms with Crippen LogP contribution < -0.4 is 16.0 Å². The molecule has 0 spiro atoms.